The molecule has 0 aromatic carbocycles. The van der Waals surface area contributed by atoms with E-state index in [0.717, 1.165) is 22.8 Å². The van der Waals surface area contributed by atoms with Crippen LogP contribution in [0.3, 0.4) is 0 Å². The summed E-state index contributed by atoms with van der Waals surface area (Å²) in [5.41, 5.74) is 3.75. The lowest BCUT2D eigenvalue weighted by Crippen LogP contribution is -2.19. The normalized spacial score (nSPS) is 12.7. The van der Waals surface area contributed by atoms with Crippen LogP contribution >= 0.6 is 0 Å². The topological polar surface area (TPSA) is 64.7 Å². The lowest BCUT2D eigenvalue weighted by molar-refractivity contribution is -0.116. The average molecular weight is 303 g/mol. The molecule has 2 aromatic rings. The van der Waals surface area contributed by atoms with Gasteiger partial charge in [-0.2, -0.15) is 10.2 Å². The van der Waals surface area contributed by atoms with Gasteiger partial charge in [0.1, 0.15) is 0 Å². The molecular formula is C16H25N5O. The molecule has 0 saturated carbocycles. The molecule has 2 heterocycles. The van der Waals surface area contributed by atoms with Gasteiger partial charge in [0.15, 0.2) is 0 Å². The Morgan fingerprint density at radius 1 is 1.27 bits per heavy atom. The molecule has 0 saturated heterocycles. The van der Waals surface area contributed by atoms with E-state index < -0.39 is 0 Å². The third kappa shape index (κ3) is 3.55. The third-order valence-corrected chi connectivity index (χ3v) is 3.62. The summed E-state index contributed by atoms with van der Waals surface area (Å²) in [6.07, 6.45) is 2.23. The molecule has 2 aromatic heterocycles. The molecule has 0 fully saturated rings. The Morgan fingerprint density at radius 3 is 2.50 bits per heavy atom. The van der Waals surface area contributed by atoms with Crippen molar-refractivity contribution in [2.45, 2.75) is 53.0 Å². The second-order valence-corrected chi connectivity index (χ2v) is 6.23. The molecule has 2 rings (SSSR count). The van der Waals surface area contributed by atoms with Gasteiger partial charge in [0.2, 0.25) is 5.91 Å². The van der Waals surface area contributed by atoms with Crippen molar-refractivity contribution in [2.75, 3.05) is 5.32 Å². The molecule has 0 spiro atoms. The molecule has 1 atom stereocenters. The molecule has 6 heteroatoms. The van der Waals surface area contributed by atoms with Crippen molar-refractivity contribution < 1.29 is 4.79 Å². The first-order valence-corrected chi connectivity index (χ1v) is 7.64. The van der Waals surface area contributed by atoms with Gasteiger partial charge in [-0.25, -0.2) is 0 Å². The van der Waals surface area contributed by atoms with Gasteiger partial charge in [-0.15, -0.1) is 0 Å². The number of nitrogens with one attached hydrogen (secondary N) is 1. The Kier molecular flexibility index (Phi) is 4.68. The third-order valence-electron chi connectivity index (χ3n) is 3.62. The molecular weight excluding hydrogens is 278 g/mol. The maximum atomic E-state index is 12.3. The first kappa shape index (κ1) is 16.3. The standard InChI is InChI=1S/C16H25N5O/c1-10(2)16-14(9-20(6)19-16)17-15(22)8-13(5)21-12(4)7-11(3)18-21/h7,9-10,13H,8H2,1-6H3,(H,17,22). The predicted molar refractivity (Wildman–Crippen MR) is 87.0 cm³/mol. The van der Waals surface area contributed by atoms with Gasteiger partial charge in [0, 0.05) is 25.4 Å². The summed E-state index contributed by atoms with van der Waals surface area (Å²) in [4.78, 5) is 12.3. The quantitative estimate of drug-likeness (QED) is 0.923. The number of rotatable bonds is 5. The van der Waals surface area contributed by atoms with Crippen molar-refractivity contribution in [1.82, 2.24) is 19.6 Å². The zero-order valence-corrected chi connectivity index (χ0v) is 14.2. The molecule has 120 valence electrons. The fourth-order valence-corrected chi connectivity index (χ4v) is 2.68. The predicted octanol–water partition coefficient (Wildman–Crippen LogP) is 2.95. The van der Waals surface area contributed by atoms with Crippen molar-refractivity contribution in [3.8, 4) is 0 Å². The van der Waals surface area contributed by atoms with E-state index in [0.29, 0.717) is 6.42 Å². The Labute approximate surface area is 131 Å². The van der Waals surface area contributed by atoms with Gasteiger partial charge in [-0.1, -0.05) is 13.8 Å². The molecule has 0 aliphatic rings. The fourth-order valence-electron chi connectivity index (χ4n) is 2.68. The van der Waals surface area contributed by atoms with Crippen LogP contribution in [-0.4, -0.2) is 25.5 Å². The van der Waals surface area contributed by atoms with Gasteiger partial charge in [-0.3, -0.25) is 14.2 Å². The maximum absolute atomic E-state index is 12.3. The molecule has 0 aliphatic carbocycles. The molecule has 1 amide bonds. The van der Waals surface area contributed by atoms with Crippen molar-refractivity contribution in [3.05, 3.63) is 29.3 Å². The van der Waals surface area contributed by atoms with Crippen molar-refractivity contribution in [1.29, 1.82) is 0 Å². The summed E-state index contributed by atoms with van der Waals surface area (Å²) in [6, 6.07) is 2.04. The molecule has 0 bridgehead atoms. The second kappa shape index (κ2) is 6.34. The van der Waals surface area contributed by atoms with E-state index in [1.165, 1.54) is 0 Å². The zero-order chi connectivity index (χ0) is 16.4. The number of hydrogen-bond acceptors (Lipinski definition) is 3. The minimum absolute atomic E-state index is 0.0186. The largest absolute Gasteiger partial charge is 0.323 e. The Bertz CT molecular complexity index is 668. The molecule has 22 heavy (non-hydrogen) atoms. The highest BCUT2D eigenvalue weighted by atomic mass is 16.1. The number of amides is 1. The van der Waals surface area contributed by atoms with Crippen LogP contribution in [0.4, 0.5) is 5.69 Å². The van der Waals surface area contributed by atoms with Crippen molar-refractivity contribution in [2.24, 2.45) is 7.05 Å². The Balaban J connectivity index is 2.06. The number of aryl methyl sites for hydroxylation is 3. The summed E-state index contributed by atoms with van der Waals surface area (Å²) in [5, 5.41) is 11.8. The number of aromatic nitrogens is 4. The highest BCUT2D eigenvalue weighted by Crippen LogP contribution is 2.23. The minimum Gasteiger partial charge on any atom is -0.323 e. The van der Waals surface area contributed by atoms with E-state index in [1.807, 2.05) is 44.8 Å². The van der Waals surface area contributed by atoms with E-state index >= 15 is 0 Å². The average Bonchev–Trinajstić information content (AvgIpc) is 2.91. The smallest absolute Gasteiger partial charge is 0.226 e. The number of hydrogen-bond donors (Lipinski definition) is 1. The van der Waals surface area contributed by atoms with Gasteiger partial charge in [0.05, 0.1) is 23.1 Å². The molecule has 1 unspecified atom stereocenters. The highest BCUT2D eigenvalue weighted by molar-refractivity contribution is 5.91. The van der Waals surface area contributed by atoms with Crippen molar-refractivity contribution >= 4 is 11.6 Å². The first-order valence-electron chi connectivity index (χ1n) is 7.64. The summed E-state index contributed by atoms with van der Waals surface area (Å²) < 4.78 is 3.64. The fraction of sp³-hybridized carbons (Fsp3) is 0.562. The van der Waals surface area contributed by atoms with Crippen LogP contribution in [0.25, 0.3) is 0 Å². The van der Waals surface area contributed by atoms with Crippen LogP contribution < -0.4 is 5.32 Å². The number of nitrogens with zero attached hydrogens (tertiary/aromatic N) is 4. The van der Waals surface area contributed by atoms with E-state index in [4.69, 9.17) is 0 Å². The van der Waals surface area contributed by atoms with Crippen LogP contribution in [0, 0.1) is 13.8 Å². The van der Waals surface area contributed by atoms with Crippen LogP contribution in [0.5, 0.6) is 0 Å². The van der Waals surface area contributed by atoms with E-state index in [2.05, 4.69) is 29.4 Å². The van der Waals surface area contributed by atoms with Crippen LogP contribution in [0.15, 0.2) is 12.3 Å². The lowest BCUT2D eigenvalue weighted by Gasteiger charge is -2.14. The molecule has 0 radical (unpaired) electrons. The van der Waals surface area contributed by atoms with Crippen LogP contribution in [-0.2, 0) is 11.8 Å². The Hall–Kier alpha value is -2.11. The molecule has 1 N–H and O–H groups in total. The van der Waals surface area contributed by atoms with Gasteiger partial charge >= 0.3 is 0 Å². The Morgan fingerprint density at radius 2 is 1.95 bits per heavy atom. The summed E-state index contributed by atoms with van der Waals surface area (Å²) in [6.45, 7) is 10.1. The van der Waals surface area contributed by atoms with E-state index in [1.54, 1.807) is 4.68 Å². The summed E-state index contributed by atoms with van der Waals surface area (Å²) in [7, 11) is 1.86. The monoisotopic (exact) mass is 303 g/mol. The van der Waals surface area contributed by atoms with Crippen LogP contribution in [0.2, 0.25) is 0 Å². The zero-order valence-electron chi connectivity index (χ0n) is 14.2. The maximum Gasteiger partial charge on any atom is 0.226 e. The van der Waals surface area contributed by atoms with Gasteiger partial charge in [0.25, 0.3) is 0 Å². The molecule has 0 aliphatic heterocycles. The van der Waals surface area contributed by atoms with Crippen molar-refractivity contribution in [3.63, 3.8) is 0 Å². The number of anilines is 1. The minimum atomic E-state index is -0.0186. The lowest BCUT2D eigenvalue weighted by atomic mass is 10.1. The summed E-state index contributed by atoms with van der Waals surface area (Å²) >= 11 is 0. The van der Waals surface area contributed by atoms with Crippen LogP contribution in [0.1, 0.15) is 56.2 Å². The van der Waals surface area contributed by atoms with E-state index in [-0.39, 0.29) is 17.9 Å². The number of carbonyl (C=O) groups is 1. The highest BCUT2D eigenvalue weighted by Gasteiger charge is 2.17. The van der Waals surface area contributed by atoms with E-state index in [9.17, 15) is 4.79 Å². The first-order chi connectivity index (χ1) is 10.3. The second-order valence-electron chi connectivity index (χ2n) is 6.23. The number of carbonyl (C=O) groups excluding carboxylic acids is 1. The summed E-state index contributed by atoms with van der Waals surface area (Å²) in [5.74, 6) is 0.250. The molecule has 6 nitrogen and oxygen atoms in total. The SMILES string of the molecule is Cc1cc(C)n(C(C)CC(=O)Nc2cn(C)nc2C(C)C)n1. The van der Waals surface area contributed by atoms with Gasteiger partial charge < -0.3 is 5.32 Å². The van der Waals surface area contributed by atoms with Gasteiger partial charge in [-0.05, 0) is 32.8 Å².